The topological polar surface area (TPSA) is 117 Å². The first-order chi connectivity index (χ1) is 16.9. The summed E-state index contributed by atoms with van der Waals surface area (Å²) < 4.78 is 10.6. The summed E-state index contributed by atoms with van der Waals surface area (Å²) in [5, 5.41) is 9.86. The van der Waals surface area contributed by atoms with Crippen LogP contribution in [0.3, 0.4) is 0 Å². The second kappa shape index (κ2) is 11.1. The summed E-state index contributed by atoms with van der Waals surface area (Å²) in [4.78, 5) is 41.2. The minimum absolute atomic E-state index is 0.0502. The SMILES string of the molecule is CCOC(=O)c1[nH]ncc1C1CCN(C(=O)C(=O)Nc2ccc(N3CCOCC3C)c(Cl)c2)CC1. The molecule has 0 saturated carbocycles. The van der Waals surface area contributed by atoms with E-state index in [0.717, 1.165) is 17.8 Å². The van der Waals surface area contributed by atoms with Gasteiger partial charge in [0.2, 0.25) is 0 Å². The van der Waals surface area contributed by atoms with Crippen LogP contribution in [0.25, 0.3) is 0 Å². The summed E-state index contributed by atoms with van der Waals surface area (Å²) in [7, 11) is 0. The minimum Gasteiger partial charge on any atom is -0.461 e. The molecule has 1 unspecified atom stereocenters. The Morgan fingerprint density at radius 2 is 2.03 bits per heavy atom. The second-order valence-electron chi connectivity index (χ2n) is 8.72. The minimum atomic E-state index is -0.706. The molecule has 0 spiro atoms. The predicted molar refractivity (Wildman–Crippen MR) is 131 cm³/mol. The van der Waals surface area contributed by atoms with Crippen molar-refractivity contribution < 1.29 is 23.9 Å². The first-order valence-corrected chi connectivity index (χ1v) is 12.2. The number of benzene rings is 1. The third-order valence-corrected chi connectivity index (χ3v) is 6.75. The van der Waals surface area contributed by atoms with Crippen molar-refractivity contribution in [2.75, 3.05) is 49.7 Å². The Morgan fingerprint density at radius 3 is 2.71 bits per heavy atom. The van der Waals surface area contributed by atoms with Gasteiger partial charge in [0.1, 0.15) is 5.69 Å². The first kappa shape index (κ1) is 25.0. The highest BCUT2D eigenvalue weighted by atomic mass is 35.5. The van der Waals surface area contributed by atoms with Crippen LogP contribution in [0, 0.1) is 0 Å². The van der Waals surface area contributed by atoms with E-state index in [4.69, 9.17) is 21.1 Å². The zero-order chi connectivity index (χ0) is 24.9. The van der Waals surface area contributed by atoms with Gasteiger partial charge in [-0.25, -0.2) is 4.79 Å². The van der Waals surface area contributed by atoms with Crippen LogP contribution in [0.15, 0.2) is 24.4 Å². The van der Waals surface area contributed by atoms with Gasteiger partial charge in [0.25, 0.3) is 0 Å². The molecule has 0 aliphatic carbocycles. The van der Waals surface area contributed by atoms with Gasteiger partial charge in [-0.3, -0.25) is 14.7 Å². The van der Waals surface area contributed by atoms with E-state index in [1.807, 2.05) is 6.07 Å². The molecule has 10 nitrogen and oxygen atoms in total. The number of nitrogens with one attached hydrogen (secondary N) is 2. The van der Waals surface area contributed by atoms with Crippen LogP contribution in [-0.2, 0) is 19.1 Å². The third-order valence-electron chi connectivity index (χ3n) is 6.45. The Kier molecular flexibility index (Phi) is 7.92. The lowest BCUT2D eigenvalue weighted by Gasteiger charge is -2.35. The number of esters is 1. The van der Waals surface area contributed by atoms with E-state index in [9.17, 15) is 14.4 Å². The molecule has 2 aromatic rings. The summed E-state index contributed by atoms with van der Waals surface area (Å²) in [5.74, 6) is -1.69. The molecule has 0 bridgehead atoms. The van der Waals surface area contributed by atoms with E-state index in [2.05, 4.69) is 27.3 Å². The standard InChI is InChI=1S/C24H30ClN5O5/c1-3-35-24(33)21-18(13-26-28-21)16-6-8-29(9-7-16)23(32)22(31)27-17-4-5-20(19(25)12-17)30-10-11-34-14-15(30)2/h4-5,12-13,15-16H,3,6-11,14H2,1-2H3,(H,26,28)(H,27,31). The lowest BCUT2D eigenvalue weighted by atomic mass is 9.89. The van der Waals surface area contributed by atoms with Crippen LogP contribution in [0.1, 0.15) is 48.7 Å². The lowest BCUT2D eigenvalue weighted by Crippen LogP contribution is -2.44. The van der Waals surface area contributed by atoms with Crippen molar-refractivity contribution in [1.29, 1.82) is 0 Å². The molecule has 0 radical (unpaired) electrons. The van der Waals surface area contributed by atoms with Crippen molar-refractivity contribution >= 4 is 40.8 Å². The Hall–Kier alpha value is -3.11. The molecule has 188 valence electrons. The van der Waals surface area contributed by atoms with Crippen LogP contribution in [0.4, 0.5) is 11.4 Å². The molecule has 11 heteroatoms. The number of morpholine rings is 1. The van der Waals surface area contributed by atoms with Crippen molar-refractivity contribution in [3.8, 4) is 0 Å². The molecule has 2 saturated heterocycles. The lowest BCUT2D eigenvalue weighted by molar-refractivity contribution is -0.143. The van der Waals surface area contributed by atoms with Crippen LogP contribution in [0.5, 0.6) is 0 Å². The molecule has 1 atom stereocenters. The summed E-state index contributed by atoms with van der Waals surface area (Å²) in [6.45, 7) is 6.89. The number of piperidine rings is 1. The van der Waals surface area contributed by atoms with Gasteiger partial charge in [-0.1, -0.05) is 11.6 Å². The fourth-order valence-electron chi connectivity index (χ4n) is 4.60. The van der Waals surface area contributed by atoms with Gasteiger partial charge in [0.15, 0.2) is 0 Å². The molecule has 4 rings (SSSR count). The van der Waals surface area contributed by atoms with Crippen LogP contribution < -0.4 is 10.2 Å². The summed E-state index contributed by atoms with van der Waals surface area (Å²) in [6.07, 6.45) is 2.86. The predicted octanol–water partition coefficient (Wildman–Crippen LogP) is 2.81. The Morgan fingerprint density at radius 1 is 1.26 bits per heavy atom. The normalized spacial score (nSPS) is 18.9. The average Bonchev–Trinajstić information content (AvgIpc) is 3.35. The number of hydrogen-bond acceptors (Lipinski definition) is 7. The van der Waals surface area contributed by atoms with E-state index < -0.39 is 17.8 Å². The van der Waals surface area contributed by atoms with Gasteiger partial charge in [0, 0.05) is 36.9 Å². The van der Waals surface area contributed by atoms with Crippen molar-refractivity contribution in [3.63, 3.8) is 0 Å². The number of anilines is 2. The van der Waals surface area contributed by atoms with Gasteiger partial charge in [0.05, 0.1) is 36.7 Å². The van der Waals surface area contributed by atoms with Crippen LogP contribution >= 0.6 is 11.6 Å². The maximum absolute atomic E-state index is 12.8. The fourth-order valence-corrected chi connectivity index (χ4v) is 4.89. The smallest absolute Gasteiger partial charge is 0.356 e. The van der Waals surface area contributed by atoms with Gasteiger partial charge in [-0.05, 0) is 50.8 Å². The summed E-state index contributed by atoms with van der Waals surface area (Å²) in [5.41, 5.74) is 2.46. The first-order valence-electron chi connectivity index (χ1n) is 11.8. The number of rotatable bonds is 5. The van der Waals surface area contributed by atoms with Crippen molar-refractivity contribution in [2.45, 2.75) is 38.6 Å². The van der Waals surface area contributed by atoms with Crippen LogP contribution in [-0.4, -0.2) is 78.4 Å². The quantitative estimate of drug-likeness (QED) is 0.476. The Balaban J connectivity index is 1.33. The highest BCUT2D eigenvalue weighted by molar-refractivity contribution is 6.40. The maximum atomic E-state index is 12.8. The van der Waals surface area contributed by atoms with E-state index in [0.29, 0.717) is 55.5 Å². The molecule has 2 amide bonds. The number of halogens is 1. The Bertz CT molecular complexity index is 1080. The number of aromatic nitrogens is 2. The average molecular weight is 504 g/mol. The number of aromatic amines is 1. The monoisotopic (exact) mass is 503 g/mol. The van der Waals surface area contributed by atoms with E-state index >= 15 is 0 Å². The van der Waals surface area contributed by atoms with Gasteiger partial charge < -0.3 is 24.6 Å². The zero-order valence-electron chi connectivity index (χ0n) is 19.9. The highest BCUT2D eigenvalue weighted by Gasteiger charge is 2.31. The summed E-state index contributed by atoms with van der Waals surface area (Å²) in [6, 6.07) is 5.45. The molecule has 35 heavy (non-hydrogen) atoms. The van der Waals surface area contributed by atoms with Crippen molar-refractivity contribution in [2.24, 2.45) is 0 Å². The number of likely N-dealkylation sites (tertiary alicyclic amines) is 1. The number of amides is 2. The highest BCUT2D eigenvalue weighted by Crippen LogP contribution is 2.32. The molecular formula is C24H30ClN5O5. The molecule has 2 fully saturated rings. The van der Waals surface area contributed by atoms with Gasteiger partial charge in [-0.15, -0.1) is 0 Å². The maximum Gasteiger partial charge on any atom is 0.356 e. The number of carbonyl (C=O) groups is 3. The third kappa shape index (κ3) is 5.59. The van der Waals surface area contributed by atoms with Crippen LogP contribution in [0.2, 0.25) is 5.02 Å². The van der Waals surface area contributed by atoms with Gasteiger partial charge in [-0.2, -0.15) is 5.10 Å². The van der Waals surface area contributed by atoms with E-state index in [-0.39, 0.29) is 18.6 Å². The number of carbonyl (C=O) groups excluding carboxylic acids is 3. The molecule has 2 N–H and O–H groups in total. The molecule has 2 aliphatic rings. The zero-order valence-corrected chi connectivity index (χ0v) is 20.6. The molecule has 1 aromatic heterocycles. The largest absolute Gasteiger partial charge is 0.461 e. The molecule has 3 heterocycles. The summed E-state index contributed by atoms with van der Waals surface area (Å²) >= 11 is 6.49. The van der Waals surface area contributed by atoms with Crippen molar-refractivity contribution in [3.05, 3.63) is 40.7 Å². The van der Waals surface area contributed by atoms with Crippen molar-refractivity contribution in [1.82, 2.24) is 15.1 Å². The second-order valence-corrected chi connectivity index (χ2v) is 9.13. The molecule has 2 aliphatic heterocycles. The number of nitrogens with zero attached hydrogens (tertiary/aromatic N) is 3. The number of hydrogen-bond donors (Lipinski definition) is 2. The fraction of sp³-hybridized carbons (Fsp3) is 0.500. The van der Waals surface area contributed by atoms with Gasteiger partial charge >= 0.3 is 17.8 Å². The van der Waals surface area contributed by atoms with E-state index in [1.165, 1.54) is 4.90 Å². The number of H-pyrrole nitrogens is 1. The molecule has 1 aromatic carbocycles. The Labute approximate surface area is 208 Å². The van der Waals surface area contributed by atoms with E-state index in [1.54, 1.807) is 25.3 Å². The molecular weight excluding hydrogens is 474 g/mol. The number of ether oxygens (including phenoxy) is 2.